The highest BCUT2D eigenvalue weighted by Crippen LogP contribution is 2.14. The molecule has 1 aliphatic heterocycles. The van der Waals surface area contributed by atoms with Gasteiger partial charge in [0, 0.05) is 51.1 Å². The van der Waals surface area contributed by atoms with Gasteiger partial charge in [-0.2, -0.15) is 10.2 Å². The van der Waals surface area contributed by atoms with Crippen molar-refractivity contribution >= 4 is 11.8 Å². The summed E-state index contributed by atoms with van der Waals surface area (Å²) >= 11 is 0. The Morgan fingerprint density at radius 2 is 2.09 bits per heavy atom. The van der Waals surface area contributed by atoms with E-state index in [0.717, 1.165) is 50.5 Å². The van der Waals surface area contributed by atoms with Crippen molar-refractivity contribution in [3.05, 3.63) is 70.4 Å². The summed E-state index contributed by atoms with van der Waals surface area (Å²) in [5.41, 5.74) is 2.49. The Hall–Kier alpha value is -3.50. The largest absolute Gasteiger partial charge is 0.449 e. The molecule has 33 heavy (non-hydrogen) atoms. The van der Waals surface area contributed by atoms with E-state index in [1.807, 2.05) is 31.4 Å². The van der Waals surface area contributed by atoms with Gasteiger partial charge >= 0.3 is 6.09 Å². The number of ether oxygens (including phenoxy) is 2. The van der Waals surface area contributed by atoms with Gasteiger partial charge in [0.2, 0.25) is 5.43 Å². The first-order chi connectivity index (χ1) is 16.1. The first kappa shape index (κ1) is 22.7. The van der Waals surface area contributed by atoms with Crippen molar-refractivity contribution in [1.82, 2.24) is 24.5 Å². The fraction of sp³-hybridized carbons (Fsp3) is 0.391. The predicted molar refractivity (Wildman–Crippen MR) is 123 cm³/mol. The second-order valence-corrected chi connectivity index (χ2v) is 7.89. The quantitative estimate of drug-likeness (QED) is 0.520. The predicted octanol–water partition coefficient (Wildman–Crippen LogP) is 1.83. The summed E-state index contributed by atoms with van der Waals surface area (Å²) in [4.78, 5) is 26.8. The summed E-state index contributed by atoms with van der Waals surface area (Å²) in [5.74, 6) is 0. The number of aromatic nitrogens is 4. The van der Waals surface area contributed by atoms with Crippen molar-refractivity contribution in [3.63, 3.8) is 0 Å². The molecule has 4 rings (SSSR count). The van der Waals surface area contributed by atoms with Gasteiger partial charge in [-0.15, -0.1) is 0 Å². The standard InChI is InChI=1S/C23H28N6O4/c1-27-17-20(16-24-27)29-8-6-22(30)21(26-29)15-18-4-2-5-19(14-18)25-23(31)33-11-3-7-28-9-12-32-13-10-28/h2,4-6,8,14,16-17H,3,7,9-13,15H2,1H3,(H,25,31). The molecule has 0 saturated carbocycles. The lowest BCUT2D eigenvalue weighted by Crippen LogP contribution is -2.37. The maximum Gasteiger partial charge on any atom is 0.411 e. The number of nitrogens with zero attached hydrogens (tertiary/aromatic N) is 5. The van der Waals surface area contributed by atoms with Crippen LogP contribution in [0.1, 0.15) is 17.7 Å². The van der Waals surface area contributed by atoms with Crippen LogP contribution < -0.4 is 10.7 Å². The average Bonchev–Trinajstić information content (AvgIpc) is 3.25. The van der Waals surface area contributed by atoms with E-state index in [9.17, 15) is 9.59 Å². The molecule has 2 aromatic heterocycles. The van der Waals surface area contributed by atoms with Crippen molar-refractivity contribution in [2.75, 3.05) is 44.8 Å². The normalized spacial score (nSPS) is 14.2. The minimum Gasteiger partial charge on any atom is -0.449 e. The lowest BCUT2D eigenvalue weighted by molar-refractivity contribution is 0.0348. The van der Waals surface area contributed by atoms with Crippen molar-refractivity contribution < 1.29 is 14.3 Å². The van der Waals surface area contributed by atoms with E-state index >= 15 is 0 Å². The topological polar surface area (TPSA) is 104 Å². The number of hydrogen-bond donors (Lipinski definition) is 1. The number of benzene rings is 1. The van der Waals surface area contributed by atoms with E-state index in [2.05, 4.69) is 20.4 Å². The maximum atomic E-state index is 12.3. The molecule has 174 valence electrons. The highest BCUT2D eigenvalue weighted by atomic mass is 16.5. The average molecular weight is 453 g/mol. The van der Waals surface area contributed by atoms with Gasteiger partial charge in [0.05, 0.1) is 32.2 Å². The molecule has 1 saturated heterocycles. The third-order valence-electron chi connectivity index (χ3n) is 5.34. The lowest BCUT2D eigenvalue weighted by Gasteiger charge is -2.26. The Bertz CT molecular complexity index is 1140. The van der Waals surface area contributed by atoms with E-state index in [4.69, 9.17) is 9.47 Å². The molecule has 10 nitrogen and oxygen atoms in total. The second kappa shape index (κ2) is 10.9. The molecular weight excluding hydrogens is 424 g/mol. The summed E-state index contributed by atoms with van der Waals surface area (Å²) in [6, 6.07) is 8.81. The molecule has 3 heterocycles. The van der Waals surface area contributed by atoms with E-state index in [1.54, 1.807) is 27.8 Å². The van der Waals surface area contributed by atoms with Crippen LogP contribution in [0.4, 0.5) is 10.5 Å². The van der Waals surface area contributed by atoms with Crippen molar-refractivity contribution in [3.8, 4) is 5.69 Å². The molecule has 1 N–H and O–H groups in total. The number of carbonyl (C=O) groups excluding carboxylic acids is 1. The molecule has 10 heteroatoms. The monoisotopic (exact) mass is 452 g/mol. The Balaban J connectivity index is 1.31. The number of amides is 1. The molecule has 1 amide bonds. The highest BCUT2D eigenvalue weighted by molar-refractivity contribution is 5.84. The van der Waals surface area contributed by atoms with Crippen LogP contribution in [0, 0.1) is 0 Å². The molecule has 1 fully saturated rings. The van der Waals surface area contributed by atoms with E-state index < -0.39 is 6.09 Å². The second-order valence-electron chi connectivity index (χ2n) is 7.89. The van der Waals surface area contributed by atoms with Gasteiger partial charge in [-0.25, -0.2) is 9.48 Å². The van der Waals surface area contributed by atoms with Crippen LogP contribution in [0.2, 0.25) is 0 Å². The zero-order chi connectivity index (χ0) is 23.0. The van der Waals surface area contributed by atoms with Gasteiger partial charge in [0.1, 0.15) is 11.4 Å². The molecule has 0 unspecified atom stereocenters. The van der Waals surface area contributed by atoms with Crippen molar-refractivity contribution in [2.24, 2.45) is 7.05 Å². The third kappa shape index (κ3) is 6.50. The van der Waals surface area contributed by atoms with Crippen LogP contribution in [0.3, 0.4) is 0 Å². The summed E-state index contributed by atoms with van der Waals surface area (Å²) in [6.07, 6.45) is 5.73. The zero-order valence-electron chi connectivity index (χ0n) is 18.6. The smallest absolute Gasteiger partial charge is 0.411 e. The van der Waals surface area contributed by atoms with Crippen LogP contribution in [-0.2, 0) is 22.9 Å². The number of carbonyl (C=O) groups is 1. The first-order valence-electron chi connectivity index (χ1n) is 11.0. The molecule has 1 aromatic carbocycles. The van der Waals surface area contributed by atoms with Gasteiger partial charge < -0.3 is 9.47 Å². The highest BCUT2D eigenvalue weighted by Gasteiger charge is 2.11. The van der Waals surface area contributed by atoms with Gasteiger partial charge in [0.25, 0.3) is 0 Å². The van der Waals surface area contributed by atoms with E-state index in [-0.39, 0.29) is 5.43 Å². The van der Waals surface area contributed by atoms with E-state index in [0.29, 0.717) is 24.4 Å². The minimum atomic E-state index is -0.495. The van der Waals surface area contributed by atoms with Crippen LogP contribution in [0.25, 0.3) is 5.69 Å². The van der Waals surface area contributed by atoms with Gasteiger partial charge in [0.15, 0.2) is 0 Å². The van der Waals surface area contributed by atoms with Gasteiger partial charge in [-0.1, -0.05) is 12.1 Å². The summed E-state index contributed by atoms with van der Waals surface area (Å²) in [6.45, 7) is 4.59. The fourth-order valence-corrected chi connectivity index (χ4v) is 3.62. The summed E-state index contributed by atoms with van der Waals surface area (Å²) in [7, 11) is 1.82. The lowest BCUT2D eigenvalue weighted by atomic mass is 10.1. The molecule has 0 radical (unpaired) electrons. The van der Waals surface area contributed by atoms with E-state index in [1.165, 1.54) is 6.07 Å². The van der Waals surface area contributed by atoms with Crippen molar-refractivity contribution in [2.45, 2.75) is 12.8 Å². The van der Waals surface area contributed by atoms with Crippen LogP contribution >= 0.6 is 0 Å². The number of anilines is 1. The number of morpholine rings is 1. The van der Waals surface area contributed by atoms with Gasteiger partial charge in [-0.3, -0.25) is 19.7 Å². The van der Waals surface area contributed by atoms with Crippen LogP contribution in [0.15, 0.2) is 53.7 Å². The van der Waals surface area contributed by atoms with Crippen molar-refractivity contribution in [1.29, 1.82) is 0 Å². The minimum absolute atomic E-state index is 0.145. The van der Waals surface area contributed by atoms with Gasteiger partial charge in [-0.05, 0) is 24.1 Å². The van der Waals surface area contributed by atoms with Crippen LogP contribution in [-0.4, -0.2) is 70.0 Å². The third-order valence-corrected chi connectivity index (χ3v) is 5.34. The number of aryl methyl sites for hydroxylation is 1. The summed E-state index contributed by atoms with van der Waals surface area (Å²) in [5, 5.41) is 11.3. The Labute approximate surface area is 191 Å². The Kier molecular flexibility index (Phi) is 7.48. The fourth-order valence-electron chi connectivity index (χ4n) is 3.62. The molecule has 0 aliphatic carbocycles. The molecule has 0 spiro atoms. The van der Waals surface area contributed by atoms with Crippen LogP contribution in [0.5, 0.6) is 0 Å². The first-order valence-corrected chi connectivity index (χ1v) is 11.0. The molecule has 3 aromatic rings. The maximum absolute atomic E-state index is 12.3. The zero-order valence-corrected chi connectivity index (χ0v) is 18.6. The Morgan fingerprint density at radius 3 is 2.88 bits per heavy atom. The molecule has 1 aliphatic rings. The Morgan fingerprint density at radius 1 is 1.24 bits per heavy atom. The number of rotatable bonds is 8. The molecular formula is C23H28N6O4. The SMILES string of the molecule is Cn1cc(-n2ccc(=O)c(Cc3cccc(NC(=O)OCCCN4CCOCC4)c3)n2)cn1. The number of hydrogen-bond acceptors (Lipinski definition) is 7. The number of nitrogens with one attached hydrogen (secondary N) is 1. The molecule has 0 bridgehead atoms. The summed E-state index contributed by atoms with van der Waals surface area (Å²) < 4.78 is 13.9. The molecule has 0 atom stereocenters.